The van der Waals surface area contributed by atoms with Crippen molar-refractivity contribution in [3.8, 4) is 45.1 Å². The number of ether oxygens (including phenoxy) is 2. The summed E-state index contributed by atoms with van der Waals surface area (Å²) in [6.45, 7) is 34.1. The number of benzene rings is 8. The summed E-state index contributed by atoms with van der Waals surface area (Å²) in [5.41, 5.74) is 24.4. The van der Waals surface area contributed by atoms with Crippen LogP contribution in [-0.2, 0) is 24.4 Å². The first-order valence-corrected chi connectivity index (χ1v) is 46.2. The number of piperazine rings is 3. The van der Waals surface area contributed by atoms with Crippen molar-refractivity contribution in [2.75, 3.05) is 103 Å². The summed E-state index contributed by atoms with van der Waals surface area (Å²) < 4.78 is 12.5. The third-order valence-corrected chi connectivity index (χ3v) is 23.2. The number of nitrogens with zero attached hydrogens (tertiary/aromatic N) is 13. The molecular weight excluding hydrogens is 1680 g/mol. The Labute approximate surface area is 730 Å². The molecule has 18 nitrogen and oxygen atoms in total. The van der Waals surface area contributed by atoms with Gasteiger partial charge in [0.1, 0.15) is 13.2 Å². The molecule has 121 heavy (non-hydrogen) atoms. The number of fused-ring (bicyclic) bond motifs is 3. The van der Waals surface area contributed by atoms with Crippen molar-refractivity contribution in [3.05, 3.63) is 339 Å². The monoisotopic (exact) mass is 1760 g/mol. The van der Waals surface area contributed by atoms with E-state index in [2.05, 4.69) is 173 Å². The molecule has 0 unspecified atom stereocenters. The number of pyridine rings is 6. The molecule has 3 aliphatic carbocycles. The second-order valence-corrected chi connectivity index (χ2v) is 36.9. The van der Waals surface area contributed by atoms with Crippen molar-refractivity contribution in [2.24, 2.45) is 0 Å². The predicted molar refractivity (Wildman–Crippen MR) is 493 cm³/mol. The standard InChI is InChI=1S/C35H31N5O.C28H25N5O.C23H22N4.C12H10BrNO.3ClH.Fe/c1-36-28-14-12-26(13-15-28)30-8-5-9-31-34(27-10-11-27)32(23-38-35(30)31)40-20-18-39(19-21-40)29-16-17-37-33(22-29)41-24-25-6-3-2-4-7-25;1-29-21-9-7-19(8-10-21)23-3-2-4-24-27(20-5-6-20)25(18-31-28(23)24)33-15-13-32(14-16-33)22-11-12-30-26(34)17-22;1-24-18-9-7-16(8-10-18)19-3-2-4-20-22(17-5-6-17)21(15-26-23(19)20)27-13-11-25-12-14-27;13-11-6-7-14-12(8-11)15-9-10-4-2-1-3-5-10;;;;/h2-9,12-17,22-23,27H,10-11,18-21,24H2;2-4,7-12,17-18,20H,5-6,13-16H2,(H,30,34);2-4,7-10,15,17,25H,5-6,11-14H2;1-8H,9H2;3*1H;/q;;;;;;;+3/p-3. The third kappa shape index (κ3) is 20.8. The molecule has 23 heteroatoms. The van der Waals surface area contributed by atoms with Crippen LogP contribution >= 0.6 is 46.2 Å². The van der Waals surface area contributed by atoms with Gasteiger partial charge in [-0.15, -0.1) is 0 Å². The molecule has 6 aliphatic rings. The van der Waals surface area contributed by atoms with Crippen LogP contribution in [0.15, 0.2) is 271 Å². The van der Waals surface area contributed by atoms with Gasteiger partial charge in [-0.1, -0.05) is 204 Å². The van der Waals surface area contributed by atoms with Crippen molar-refractivity contribution in [3.63, 3.8) is 0 Å². The summed E-state index contributed by atoms with van der Waals surface area (Å²) in [7, 11) is 14.7. The normalized spacial score (nSPS) is 15.0. The average molecular weight is 1770 g/mol. The molecular formula is C98H88BrCl3FeN15O3. The summed E-state index contributed by atoms with van der Waals surface area (Å²) in [6.07, 6.45) is 19.0. The molecule has 20 rings (SSSR count). The molecule has 0 amide bonds. The van der Waals surface area contributed by atoms with Gasteiger partial charge in [-0.3, -0.25) is 19.7 Å². The van der Waals surface area contributed by atoms with Gasteiger partial charge in [-0.25, -0.2) is 24.5 Å². The second kappa shape index (κ2) is 39.6. The van der Waals surface area contributed by atoms with Crippen molar-refractivity contribution in [1.82, 2.24) is 35.2 Å². The first-order valence-electron chi connectivity index (χ1n) is 40.8. The molecule has 0 radical (unpaired) electrons. The van der Waals surface area contributed by atoms with Crippen molar-refractivity contribution < 1.29 is 20.6 Å². The van der Waals surface area contributed by atoms with Gasteiger partial charge in [0.05, 0.1) is 71.9 Å². The predicted octanol–water partition coefficient (Wildman–Crippen LogP) is 23.2. The molecule has 2 N–H and O–H groups in total. The van der Waals surface area contributed by atoms with E-state index in [0.717, 1.165) is 155 Å². The Balaban J connectivity index is 0.000000123. The molecule has 6 aromatic heterocycles. The van der Waals surface area contributed by atoms with Gasteiger partial charge in [0.25, 0.3) is 0 Å². The summed E-state index contributed by atoms with van der Waals surface area (Å²) in [6, 6.07) is 74.7. The zero-order valence-corrected chi connectivity index (χ0v) is 71.6. The average Bonchev–Trinajstić information content (AvgIpc) is 1.19. The van der Waals surface area contributed by atoms with E-state index in [9.17, 15) is 4.79 Å². The first kappa shape index (κ1) is 82.8. The molecule has 9 heterocycles. The van der Waals surface area contributed by atoms with Gasteiger partial charge < -0.3 is 44.3 Å². The summed E-state index contributed by atoms with van der Waals surface area (Å²) in [4.78, 5) is 60.6. The van der Waals surface area contributed by atoms with Crippen LogP contribution in [0.2, 0.25) is 0 Å². The fourth-order valence-corrected chi connectivity index (χ4v) is 16.6. The zero-order valence-electron chi connectivity index (χ0n) is 66.6. The van der Waals surface area contributed by atoms with Crippen LogP contribution in [-0.4, -0.2) is 108 Å². The van der Waals surface area contributed by atoms with E-state index >= 15 is 0 Å². The molecule has 3 saturated heterocycles. The van der Waals surface area contributed by atoms with Crippen LogP contribution in [0.4, 0.5) is 45.5 Å². The summed E-state index contributed by atoms with van der Waals surface area (Å²) in [5, 5.41) is 7.23. The Morgan fingerprint density at radius 1 is 0.405 bits per heavy atom. The third-order valence-electron chi connectivity index (χ3n) is 22.7. The van der Waals surface area contributed by atoms with Gasteiger partial charge in [-0.05, 0) is 119 Å². The second-order valence-electron chi connectivity index (χ2n) is 30.5. The number of hydrogen-bond acceptors (Lipinski definition) is 14. The van der Waals surface area contributed by atoms with Crippen LogP contribution in [0, 0.1) is 19.7 Å². The van der Waals surface area contributed by atoms with Gasteiger partial charge in [0, 0.05) is 164 Å². The van der Waals surface area contributed by atoms with Gasteiger partial charge in [0.2, 0.25) is 17.3 Å². The van der Waals surface area contributed by atoms with E-state index in [-0.39, 0.29) is 5.56 Å². The molecule has 14 aromatic rings. The van der Waals surface area contributed by atoms with Crippen LogP contribution < -0.4 is 44.8 Å². The summed E-state index contributed by atoms with van der Waals surface area (Å²) >= 11 is 2.04. The molecule has 0 atom stereocenters. The van der Waals surface area contributed by atoms with Crippen molar-refractivity contribution in [1.29, 1.82) is 0 Å². The fourth-order valence-electron chi connectivity index (χ4n) is 16.3. The van der Waals surface area contributed by atoms with E-state index in [1.165, 1.54) is 88.4 Å². The SMILES string of the molecule is Brc1ccnc(OCc2ccccc2)c1.[C-]#[N+]c1ccc(-c2cccc3c(C4CC4)c(N4CCN(c5cc[nH]c(=O)c5)CC4)cnc23)cc1.[C-]#[N+]c1ccc(-c2cccc3c(C4CC4)c(N4CCN(c5ccnc(OCc6ccccc6)c5)CC4)cnc23)cc1.[C-]#[N+]c1ccc(-c2cccc3c(C4CC4)c(N4CCNCC4)cnc23)cc1.[Cl][Fe]([Cl])[Cl]. The number of rotatable bonds is 17. The number of hydrogen-bond donors (Lipinski definition) is 2. The Morgan fingerprint density at radius 2 is 0.760 bits per heavy atom. The number of para-hydroxylation sites is 3. The van der Waals surface area contributed by atoms with E-state index in [1.807, 2.05) is 146 Å². The van der Waals surface area contributed by atoms with Gasteiger partial charge in [0.15, 0.2) is 17.1 Å². The number of anilines is 5. The molecule has 6 fully saturated rings. The maximum absolute atomic E-state index is 11.7. The molecule has 8 aromatic carbocycles. The Bertz CT molecular complexity index is 6120. The zero-order chi connectivity index (χ0) is 83.0. The van der Waals surface area contributed by atoms with Crippen molar-refractivity contribution >= 4 is 124 Å². The number of halogens is 4. The van der Waals surface area contributed by atoms with Crippen LogP contribution in [0.1, 0.15) is 84.1 Å². The van der Waals surface area contributed by atoms with E-state index in [1.54, 1.807) is 18.5 Å². The molecule has 609 valence electrons. The first-order chi connectivity index (χ1) is 59.4. The van der Waals surface area contributed by atoms with Crippen LogP contribution in [0.5, 0.6) is 11.8 Å². The van der Waals surface area contributed by atoms with Crippen molar-refractivity contribution in [2.45, 2.75) is 69.5 Å². The van der Waals surface area contributed by atoms with Crippen LogP contribution in [0.3, 0.4) is 0 Å². The van der Waals surface area contributed by atoms with Gasteiger partial charge in [-0.2, -0.15) is 0 Å². The molecule has 3 aliphatic heterocycles. The van der Waals surface area contributed by atoms with Gasteiger partial charge >= 0.3 is 41.5 Å². The quantitative estimate of drug-likeness (QED) is 0.0655. The fraction of sp³-hybridized carbons (Fsp3) is 0.235. The molecule has 0 spiro atoms. The topological polar surface area (TPSA) is 157 Å². The Hall–Kier alpha value is -11.9. The number of aromatic nitrogens is 6. The minimum atomic E-state index is -1.33. The Morgan fingerprint density at radius 3 is 1.12 bits per heavy atom. The maximum atomic E-state index is 11.7. The summed E-state index contributed by atoms with van der Waals surface area (Å²) in [5.74, 6) is 3.14. The number of H-pyrrole nitrogens is 1. The Kier molecular flexibility index (Phi) is 27.1. The van der Waals surface area contributed by atoms with E-state index in [0.29, 0.717) is 59.8 Å². The van der Waals surface area contributed by atoms with Crippen LogP contribution in [0.25, 0.3) is 80.6 Å². The number of nitrogens with one attached hydrogen (secondary N) is 2. The molecule has 3 saturated carbocycles. The van der Waals surface area contributed by atoms with E-state index in [4.69, 9.17) is 74.4 Å². The molecule has 0 bridgehead atoms. The minimum absolute atomic E-state index is 0.0609. The van der Waals surface area contributed by atoms with E-state index < -0.39 is 11.2 Å². The number of aromatic amines is 1.